The number of rotatable bonds is 5. The van der Waals surface area contributed by atoms with Crippen LogP contribution < -0.4 is 5.73 Å². The third kappa shape index (κ3) is 3.34. The van der Waals surface area contributed by atoms with E-state index >= 15 is 0 Å². The molecule has 25 heavy (non-hydrogen) atoms. The van der Waals surface area contributed by atoms with Crippen LogP contribution in [-0.2, 0) is 17.8 Å². The highest BCUT2D eigenvalue weighted by molar-refractivity contribution is 7.99. The van der Waals surface area contributed by atoms with Crippen molar-refractivity contribution < 1.29 is 4.79 Å². The van der Waals surface area contributed by atoms with Crippen LogP contribution in [0.2, 0.25) is 0 Å². The fourth-order valence-corrected chi connectivity index (χ4v) is 5.20. The van der Waals surface area contributed by atoms with Crippen molar-refractivity contribution in [2.24, 2.45) is 5.73 Å². The van der Waals surface area contributed by atoms with Gasteiger partial charge in [-0.15, -0.1) is 21.5 Å². The van der Waals surface area contributed by atoms with Gasteiger partial charge in [-0.2, -0.15) is 0 Å². The summed E-state index contributed by atoms with van der Waals surface area (Å²) < 4.78 is 1.84. The summed E-state index contributed by atoms with van der Waals surface area (Å²) in [6.45, 7) is 0.0942. The monoisotopic (exact) mass is 370 g/mol. The zero-order chi connectivity index (χ0) is 17.2. The van der Waals surface area contributed by atoms with Gasteiger partial charge in [-0.05, 0) is 41.8 Å². The van der Waals surface area contributed by atoms with Crippen molar-refractivity contribution in [2.75, 3.05) is 0 Å². The molecule has 7 heteroatoms. The van der Waals surface area contributed by atoms with Crippen molar-refractivity contribution in [3.63, 3.8) is 0 Å². The van der Waals surface area contributed by atoms with E-state index in [2.05, 4.69) is 34.5 Å². The van der Waals surface area contributed by atoms with Gasteiger partial charge in [0.15, 0.2) is 11.0 Å². The standard InChI is InChI=1S/C18H18N4OS2/c19-16(23)11-22-17(15-9-4-10-24-15)20-21-18(22)25-14-8-3-6-12-5-1-2-7-13(12)14/h1-2,4-5,7,9-10,14H,3,6,8,11H2,(H2,19,23)/t14-/m0/s1. The Morgan fingerprint density at radius 1 is 1.28 bits per heavy atom. The Bertz CT molecular complexity index is 888. The van der Waals surface area contributed by atoms with E-state index in [0.29, 0.717) is 11.1 Å². The number of carbonyl (C=O) groups excluding carboxylic acids is 1. The lowest BCUT2D eigenvalue weighted by Gasteiger charge is -2.24. The highest BCUT2D eigenvalue weighted by atomic mass is 32.2. The number of carbonyl (C=O) groups is 1. The number of fused-ring (bicyclic) bond motifs is 1. The van der Waals surface area contributed by atoms with Crippen LogP contribution in [0.4, 0.5) is 0 Å². The summed E-state index contributed by atoms with van der Waals surface area (Å²) in [6, 6.07) is 12.5. The lowest BCUT2D eigenvalue weighted by Crippen LogP contribution is -2.20. The molecule has 1 atom stereocenters. The topological polar surface area (TPSA) is 73.8 Å². The molecule has 128 valence electrons. The molecule has 2 N–H and O–H groups in total. The van der Waals surface area contributed by atoms with E-state index in [0.717, 1.165) is 29.3 Å². The molecule has 1 aliphatic rings. The molecule has 1 amide bonds. The van der Waals surface area contributed by atoms with Crippen molar-refractivity contribution in [3.05, 3.63) is 52.9 Å². The first-order valence-corrected chi connectivity index (χ1v) is 9.98. The van der Waals surface area contributed by atoms with Crippen molar-refractivity contribution in [1.29, 1.82) is 0 Å². The molecule has 2 aromatic heterocycles. The first-order chi connectivity index (χ1) is 12.2. The predicted molar refractivity (Wildman–Crippen MR) is 101 cm³/mol. The van der Waals surface area contributed by atoms with Crippen LogP contribution in [0.5, 0.6) is 0 Å². The van der Waals surface area contributed by atoms with Crippen LogP contribution in [0.25, 0.3) is 10.7 Å². The average Bonchev–Trinajstić information content (AvgIpc) is 3.25. The Morgan fingerprint density at radius 2 is 2.16 bits per heavy atom. The molecule has 1 aromatic carbocycles. The van der Waals surface area contributed by atoms with Gasteiger partial charge in [0.25, 0.3) is 0 Å². The Morgan fingerprint density at radius 3 is 2.96 bits per heavy atom. The number of aromatic nitrogens is 3. The maximum absolute atomic E-state index is 11.6. The Labute approximate surface area is 154 Å². The highest BCUT2D eigenvalue weighted by Gasteiger charge is 2.25. The van der Waals surface area contributed by atoms with Crippen LogP contribution in [0.3, 0.4) is 0 Å². The summed E-state index contributed by atoms with van der Waals surface area (Å²) in [4.78, 5) is 12.6. The van der Waals surface area contributed by atoms with Gasteiger partial charge in [-0.25, -0.2) is 0 Å². The first kappa shape index (κ1) is 16.4. The Kier molecular flexibility index (Phi) is 4.59. The SMILES string of the molecule is NC(=O)Cn1c(S[C@H]2CCCc3ccccc32)nnc1-c1cccs1. The normalized spacial score (nSPS) is 16.6. The van der Waals surface area contributed by atoms with E-state index in [1.165, 1.54) is 11.1 Å². The molecule has 0 unspecified atom stereocenters. The van der Waals surface area contributed by atoms with Gasteiger partial charge in [0.1, 0.15) is 6.54 Å². The fourth-order valence-electron chi connectivity index (χ4n) is 3.22. The lowest BCUT2D eigenvalue weighted by molar-refractivity contribution is -0.118. The van der Waals surface area contributed by atoms with Gasteiger partial charge < -0.3 is 5.73 Å². The molecule has 5 nitrogen and oxygen atoms in total. The molecule has 0 spiro atoms. The van der Waals surface area contributed by atoms with Gasteiger partial charge in [0, 0.05) is 5.25 Å². The number of hydrogen-bond donors (Lipinski definition) is 1. The summed E-state index contributed by atoms with van der Waals surface area (Å²) in [7, 11) is 0. The number of benzene rings is 1. The third-order valence-electron chi connectivity index (χ3n) is 4.33. The van der Waals surface area contributed by atoms with Crippen molar-refractivity contribution >= 4 is 29.0 Å². The van der Waals surface area contributed by atoms with Crippen LogP contribution in [-0.4, -0.2) is 20.7 Å². The number of amides is 1. The average molecular weight is 371 g/mol. The summed E-state index contributed by atoms with van der Waals surface area (Å²) >= 11 is 3.26. The van der Waals surface area contributed by atoms with Gasteiger partial charge in [0.2, 0.25) is 5.91 Å². The molecule has 4 rings (SSSR count). The highest BCUT2D eigenvalue weighted by Crippen LogP contribution is 2.43. The first-order valence-electron chi connectivity index (χ1n) is 8.22. The van der Waals surface area contributed by atoms with E-state index in [9.17, 15) is 4.79 Å². The molecule has 0 saturated heterocycles. The van der Waals surface area contributed by atoms with Crippen molar-refractivity contribution in [3.8, 4) is 10.7 Å². The molecular weight excluding hydrogens is 352 g/mol. The van der Waals surface area contributed by atoms with Gasteiger partial charge >= 0.3 is 0 Å². The minimum atomic E-state index is -0.386. The van der Waals surface area contributed by atoms with Crippen molar-refractivity contribution in [2.45, 2.75) is 36.2 Å². The third-order valence-corrected chi connectivity index (χ3v) is 6.49. The number of nitrogens with two attached hydrogens (primary N) is 1. The number of primary amides is 1. The minimum absolute atomic E-state index is 0.0942. The smallest absolute Gasteiger partial charge is 0.237 e. The summed E-state index contributed by atoms with van der Waals surface area (Å²) in [5.41, 5.74) is 8.24. The lowest BCUT2D eigenvalue weighted by atomic mass is 9.91. The molecule has 0 radical (unpaired) electrons. The molecule has 1 aliphatic carbocycles. The molecule has 0 bridgehead atoms. The summed E-state index contributed by atoms with van der Waals surface area (Å²) in [5.74, 6) is 0.323. The number of aryl methyl sites for hydroxylation is 1. The quantitative estimate of drug-likeness (QED) is 0.744. The summed E-state index contributed by atoms with van der Waals surface area (Å²) in [6.07, 6.45) is 3.39. The van der Waals surface area contributed by atoms with Crippen LogP contribution in [0.1, 0.15) is 29.2 Å². The summed E-state index contributed by atoms with van der Waals surface area (Å²) in [5, 5.41) is 11.8. The molecule has 3 aromatic rings. The predicted octanol–water partition coefficient (Wildman–Crippen LogP) is 3.66. The van der Waals surface area contributed by atoms with Gasteiger partial charge in [0.05, 0.1) is 4.88 Å². The Hall–Kier alpha value is -2.12. The molecule has 2 heterocycles. The van der Waals surface area contributed by atoms with E-state index < -0.39 is 0 Å². The van der Waals surface area contributed by atoms with Crippen LogP contribution in [0.15, 0.2) is 46.9 Å². The second kappa shape index (κ2) is 7.01. The van der Waals surface area contributed by atoms with E-state index in [1.54, 1.807) is 23.1 Å². The fraction of sp³-hybridized carbons (Fsp3) is 0.278. The zero-order valence-electron chi connectivity index (χ0n) is 13.6. The zero-order valence-corrected chi connectivity index (χ0v) is 15.2. The van der Waals surface area contributed by atoms with E-state index in [-0.39, 0.29) is 12.5 Å². The van der Waals surface area contributed by atoms with Gasteiger partial charge in [-0.3, -0.25) is 9.36 Å². The molecule has 0 aliphatic heterocycles. The number of hydrogen-bond acceptors (Lipinski definition) is 5. The van der Waals surface area contributed by atoms with Crippen molar-refractivity contribution in [1.82, 2.24) is 14.8 Å². The second-order valence-electron chi connectivity index (χ2n) is 6.03. The van der Waals surface area contributed by atoms with Crippen LogP contribution >= 0.6 is 23.1 Å². The number of thioether (sulfide) groups is 1. The molecule has 0 saturated carbocycles. The van der Waals surface area contributed by atoms with E-state index in [4.69, 9.17) is 5.73 Å². The maximum Gasteiger partial charge on any atom is 0.237 e. The second-order valence-corrected chi connectivity index (χ2v) is 8.15. The molecule has 0 fully saturated rings. The number of nitrogens with zero attached hydrogens (tertiary/aromatic N) is 3. The Balaban J connectivity index is 1.68. The maximum atomic E-state index is 11.6. The van der Waals surface area contributed by atoms with Gasteiger partial charge in [-0.1, -0.05) is 42.1 Å². The molecular formula is C18H18N4OS2. The van der Waals surface area contributed by atoms with Crippen LogP contribution in [0, 0.1) is 0 Å². The number of thiophene rings is 1. The largest absolute Gasteiger partial charge is 0.368 e. The minimum Gasteiger partial charge on any atom is -0.368 e. The van der Waals surface area contributed by atoms with E-state index in [1.807, 2.05) is 22.1 Å².